The minimum Gasteiger partial charge on any atom is -0.496 e. The average molecular weight is 251 g/mol. The van der Waals surface area contributed by atoms with E-state index in [0.29, 0.717) is 0 Å². The van der Waals surface area contributed by atoms with E-state index in [1.54, 1.807) is 14.2 Å². The number of aryl methyl sites for hydroxylation is 1. The summed E-state index contributed by atoms with van der Waals surface area (Å²) < 4.78 is 5.30. The third-order valence-corrected chi connectivity index (χ3v) is 3.25. The average Bonchev–Trinajstić information content (AvgIpc) is 2.32. The normalized spacial score (nSPS) is 12.2. The summed E-state index contributed by atoms with van der Waals surface area (Å²) in [5, 5.41) is 9.39. The van der Waals surface area contributed by atoms with E-state index in [9.17, 15) is 9.90 Å². The van der Waals surface area contributed by atoms with E-state index in [2.05, 4.69) is 0 Å². The first-order chi connectivity index (χ1) is 8.31. The minimum atomic E-state index is -1.00. The number of hydrogen-bond donors (Lipinski definition) is 1. The Bertz CT molecular complexity index is 467. The number of carbonyl (C=O) groups is 1. The van der Waals surface area contributed by atoms with E-state index in [1.807, 2.05) is 26.8 Å². The highest BCUT2D eigenvalue weighted by molar-refractivity contribution is 5.97. The molecule has 1 atom stereocenters. The standard InChI is InChI=1S/C14H21NO3/c1-8-7-12(18-6)9(2)10(3)13(8)15(5)14(17)11(4)16/h7,11,16H,1-6H3. The Morgan fingerprint density at radius 2 is 1.89 bits per heavy atom. The second-order valence-corrected chi connectivity index (χ2v) is 4.57. The Labute approximate surface area is 108 Å². The van der Waals surface area contributed by atoms with Crippen molar-refractivity contribution in [2.24, 2.45) is 0 Å². The monoisotopic (exact) mass is 251 g/mol. The summed E-state index contributed by atoms with van der Waals surface area (Å²) in [7, 11) is 3.31. The Morgan fingerprint density at radius 1 is 1.33 bits per heavy atom. The van der Waals surface area contributed by atoms with E-state index in [1.165, 1.54) is 11.8 Å². The van der Waals surface area contributed by atoms with Gasteiger partial charge in [-0.2, -0.15) is 0 Å². The van der Waals surface area contributed by atoms with Gasteiger partial charge in [0.1, 0.15) is 11.9 Å². The summed E-state index contributed by atoms with van der Waals surface area (Å²) in [6, 6.07) is 1.91. The van der Waals surface area contributed by atoms with Crippen molar-refractivity contribution in [2.75, 3.05) is 19.1 Å². The largest absolute Gasteiger partial charge is 0.496 e. The molecule has 4 nitrogen and oxygen atoms in total. The molecule has 1 amide bonds. The van der Waals surface area contributed by atoms with Gasteiger partial charge in [0, 0.05) is 12.7 Å². The zero-order chi connectivity index (χ0) is 14.0. The first-order valence-corrected chi connectivity index (χ1v) is 5.91. The summed E-state index contributed by atoms with van der Waals surface area (Å²) in [5.41, 5.74) is 3.78. The summed E-state index contributed by atoms with van der Waals surface area (Å²) in [4.78, 5) is 13.4. The maximum Gasteiger partial charge on any atom is 0.255 e. The van der Waals surface area contributed by atoms with Gasteiger partial charge in [0.2, 0.25) is 0 Å². The van der Waals surface area contributed by atoms with Gasteiger partial charge in [-0.15, -0.1) is 0 Å². The number of ether oxygens (including phenoxy) is 1. The summed E-state index contributed by atoms with van der Waals surface area (Å²) in [6.45, 7) is 7.31. The van der Waals surface area contributed by atoms with Gasteiger partial charge < -0.3 is 14.7 Å². The van der Waals surface area contributed by atoms with Crippen LogP contribution in [0.4, 0.5) is 5.69 Å². The minimum absolute atomic E-state index is 0.314. The Hall–Kier alpha value is -1.55. The number of anilines is 1. The molecule has 0 fully saturated rings. The van der Waals surface area contributed by atoms with E-state index >= 15 is 0 Å². The van der Waals surface area contributed by atoms with Crippen molar-refractivity contribution < 1.29 is 14.6 Å². The van der Waals surface area contributed by atoms with Gasteiger partial charge in [-0.1, -0.05) is 0 Å². The highest BCUT2D eigenvalue weighted by Crippen LogP contribution is 2.33. The highest BCUT2D eigenvalue weighted by Gasteiger charge is 2.21. The lowest BCUT2D eigenvalue weighted by Gasteiger charge is -2.25. The molecule has 1 aromatic carbocycles. The fourth-order valence-corrected chi connectivity index (χ4v) is 2.15. The van der Waals surface area contributed by atoms with Crippen LogP contribution in [0.3, 0.4) is 0 Å². The lowest BCUT2D eigenvalue weighted by molar-refractivity contribution is -0.125. The molecule has 0 aliphatic carbocycles. The van der Waals surface area contributed by atoms with E-state index in [4.69, 9.17) is 4.74 Å². The Morgan fingerprint density at radius 3 is 2.33 bits per heavy atom. The van der Waals surface area contributed by atoms with Crippen LogP contribution in [0.25, 0.3) is 0 Å². The van der Waals surface area contributed by atoms with Crippen LogP contribution in [0.5, 0.6) is 5.75 Å². The van der Waals surface area contributed by atoms with Crippen LogP contribution in [-0.4, -0.2) is 31.3 Å². The number of benzene rings is 1. The maximum absolute atomic E-state index is 11.9. The van der Waals surface area contributed by atoms with Crippen molar-refractivity contribution in [1.82, 2.24) is 0 Å². The molecule has 1 N–H and O–H groups in total. The van der Waals surface area contributed by atoms with Gasteiger partial charge in [-0.3, -0.25) is 4.79 Å². The third-order valence-electron chi connectivity index (χ3n) is 3.25. The molecular formula is C14H21NO3. The molecule has 1 unspecified atom stereocenters. The number of amides is 1. The summed E-state index contributed by atoms with van der Waals surface area (Å²) in [5.74, 6) is 0.498. The van der Waals surface area contributed by atoms with Crippen molar-refractivity contribution >= 4 is 11.6 Å². The van der Waals surface area contributed by atoms with Crippen molar-refractivity contribution in [3.63, 3.8) is 0 Å². The number of hydrogen-bond acceptors (Lipinski definition) is 3. The van der Waals surface area contributed by atoms with E-state index in [-0.39, 0.29) is 5.91 Å². The van der Waals surface area contributed by atoms with Gasteiger partial charge >= 0.3 is 0 Å². The van der Waals surface area contributed by atoms with Crippen LogP contribution < -0.4 is 9.64 Å². The van der Waals surface area contributed by atoms with Crippen LogP contribution in [0, 0.1) is 20.8 Å². The smallest absolute Gasteiger partial charge is 0.255 e. The quantitative estimate of drug-likeness (QED) is 0.893. The van der Waals surface area contributed by atoms with Crippen LogP contribution in [0.15, 0.2) is 6.07 Å². The number of rotatable bonds is 3. The van der Waals surface area contributed by atoms with Gasteiger partial charge in [-0.05, 0) is 50.5 Å². The number of carbonyl (C=O) groups excluding carboxylic acids is 1. The number of methoxy groups -OCH3 is 1. The topological polar surface area (TPSA) is 49.8 Å². The fourth-order valence-electron chi connectivity index (χ4n) is 2.15. The first-order valence-electron chi connectivity index (χ1n) is 5.91. The zero-order valence-electron chi connectivity index (χ0n) is 11.9. The molecular weight excluding hydrogens is 230 g/mol. The maximum atomic E-state index is 11.9. The summed E-state index contributed by atoms with van der Waals surface area (Å²) >= 11 is 0. The van der Waals surface area contributed by atoms with E-state index < -0.39 is 6.10 Å². The molecule has 0 heterocycles. The second-order valence-electron chi connectivity index (χ2n) is 4.57. The van der Waals surface area contributed by atoms with E-state index in [0.717, 1.165) is 28.1 Å². The Balaban J connectivity index is 3.34. The van der Waals surface area contributed by atoms with Crippen molar-refractivity contribution in [3.8, 4) is 5.75 Å². The molecule has 0 aromatic heterocycles. The number of likely N-dealkylation sites (N-methyl/N-ethyl adjacent to an activating group) is 1. The molecule has 4 heteroatoms. The summed E-state index contributed by atoms with van der Waals surface area (Å²) in [6.07, 6.45) is -1.00. The lowest BCUT2D eigenvalue weighted by atomic mass is 10.0. The molecule has 0 saturated carbocycles. The molecule has 100 valence electrons. The van der Waals surface area contributed by atoms with Crippen LogP contribution in [0.2, 0.25) is 0 Å². The van der Waals surface area contributed by atoms with Crippen LogP contribution in [0.1, 0.15) is 23.6 Å². The van der Waals surface area contributed by atoms with Gasteiger partial charge in [0.25, 0.3) is 5.91 Å². The molecule has 0 aliphatic rings. The molecule has 0 aliphatic heterocycles. The Kier molecular flexibility index (Phi) is 4.35. The van der Waals surface area contributed by atoms with Crippen molar-refractivity contribution in [3.05, 3.63) is 22.8 Å². The lowest BCUT2D eigenvalue weighted by Crippen LogP contribution is -2.35. The fraction of sp³-hybridized carbons (Fsp3) is 0.500. The molecule has 0 radical (unpaired) electrons. The second kappa shape index (κ2) is 5.40. The zero-order valence-corrected chi connectivity index (χ0v) is 11.9. The molecule has 0 saturated heterocycles. The van der Waals surface area contributed by atoms with Crippen molar-refractivity contribution in [1.29, 1.82) is 0 Å². The number of aliphatic hydroxyl groups is 1. The van der Waals surface area contributed by atoms with Crippen molar-refractivity contribution in [2.45, 2.75) is 33.8 Å². The van der Waals surface area contributed by atoms with Crippen LogP contribution in [-0.2, 0) is 4.79 Å². The van der Waals surface area contributed by atoms with Gasteiger partial charge in [0.15, 0.2) is 0 Å². The number of aliphatic hydroxyl groups excluding tert-OH is 1. The molecule has 1 rings (SSSR count). The van der Waals surface area contributed by atoms with Crippen LogP contribution >= 0.6 is 0 Å². The van der Waals surface area contributed by atoms with Gasteiger partial charge in [-0.25, -0.2) is 0 Å². The predicted molar refractivity (Wildman–Crippen MR) is 72.3 cm³/mol. The first kappa shape index (κ1) is 14.5. The third kappa shape index (κ3) is 2.48. The predicted octanol–water partition coefficient (Wildman–Crippen LogP) is 1.96. The molecule has 18 heavy (non-hydrogen) atoms. The molecule has 0 spiro atoms. The molecule has 0 bridgehead atoms. The number of nitrogens with zero attached hydrogens (tertiary/aromatic N) is 1. The highest BCUT2D eigenvalue weighted by atomic mass is 16.5. The van der Waals surface area contributed by atoms with Gasteiger partial charge in [0.05, 0.1) is 7.11 Å². The molecule has 1 aromatic rings. The SMILES string of the molecule is COc1cc(C)c(N(C)C(=O)C(C)O)c(C)c1C.